The summed E-state index contributed by atoms with van der Waals surface area (Å²) in [6, 6.07) is 9.35. The van der Waals surface area contributed by atoms with Crippen molar-refractivity contribution in [2.75, 3.05) is 0 Å². The summed E-state index contributed by atoms with van der Waals surface area (Å²) in [6.07, 6.45) is 1.75. The zero-order valence-corrected chi connectivity index (χ0v) is 10.4. The van der Waals surface area contributed by atoms with Gasteiger partial charge < -0.3 is 4.74 Å². The van der Waals surface area contributed by atoms with Crippen LogP contribution in [0.2, 0.25) is 5.02 Å². The molecule has 0 saturated heterocycles. The summed E-state index contributed by atoms with van der Waals surface area (Å²) in [5.41, 5.74) is 2.78. The molecule has 2 heterocycles. The van der Waals surface area contributed by atoms with E-state index in [4.69, 9.17) is 27.9 Å². The van der Waals surface area contributed by atoms with Crippen LogP contribution in [0.1, 0.15) is 22.2 Å². The molecule has 1 unspecified atom stereocenters. The number of alkyl halides is 1. The standard InChI is InChI=1S/C13H9Cl2NO/c14-9-3-4-10-11(6-9)17-7-8-2-1-5-16-13(8)12(10)15/h1-6,12H,7H2. The number of aromatic nitrogens is 1. The highest BCUT2D eigenvalue weighted by molar-refractivity contribution is 6.30. The normalized spacial score (nSPS) is 17.6. The Morgan fingerprint density at radius 1 is 1.29 bits per heavy atom. The quantitative estimate of drug-likeness (QED) is 0.673. The van der Waals surface area contributed by atoms with E-state index in [1.165, 1.54) is 0 Å². The van der Waals surface area contributed by atoms with Crippen molar-refractivity contribution in [3.05, 3.63) is 58.4 Å². The van der Waals surface area contributed by atoms with Gasteiger partial charge in [-0.25, -0.2) is 0 Å². The molecule has 0 N–H and O–H groups in total. The van der Waals surface area contributed by atoms with Gasteiger partial charge in [0.1, 0.15) is 17.7 Å². The van der Waals surface area contributed by atoms with Gasteiger partial charge in [-0.15, -0.1) is 11.6 Å². The Labute approximate surface area is 109 Å². The molecule has 17 heavy (non-hydrogen) atoms. The first-order valence-corrected chi connectivity index (χ1v) is 6.07. The molecule has 86 valence electrons. The molecule has 0 radical (unpaired) electrons. The average Bonchev–Trinajstić information content (AvgIpc) is 2.48. The molecular formula is C13H9Cl2NO. The molecule has 1 aromatic heterocycles. The van der Waals surface area contributed by atoms with Gasteiger partial charge in [0.25, 0.3) is 0 Å². The fraction of sp³-hybridized carbons (Fsp3) is 0.154. The van der Waals surface area contributed by atoms with Crippen molar-refractivity contribution >= 4 is 23.2 Å². The number of ether oxygens (including phenoxy) is 1. The number of hydrogen-bond acceptors (Lipinski definition) is 2. The minimum absolute atomic E-state index is 0.291. The minimum Gasteiger partial charge on any atom is -0.488 e. The Morgan fingerprint density at radius 3 is 3.06 bits per heavy atom. The van der Waals surface area contributed by atoms with Crippen LogP contribution in [0.5, 0.6) is 5.75 Å². The van der Waals surface area contributed by atoms with Crippen LogP contribution in [0.15, 0.2) is 36.5 Å². The zero-order valence-electron chi connectivity index (χ0n) is 8.86. The van der Waals surface area contributed by atoms with E-state index in [1.54, 1.807) is 12.3 Å². The summed E-state index contributed by atoms with van der Waals surface area (Å²) >= 11 is 12.4. The average molecular weight is 266 g/mol. The van der Waals surface area contributed by atoms with Crippen molar-refractivity contribution in [2.24, 2.45) is 0 Å². The highest BCUT2D eigenvalue weighted by Gasteiger charge is 2.23. The number of rotatable bonds is 0. The number of hydrogen-bond donors (Lipinski definition) is 0. The maximum Gasteiger partial charge on any atom is 0.126 e. The molecule has 2 aromatic rings. The molecule has 1 aliphatic rings. The molecule has 1 atom stereocenters. The number of fused-ring (bicyclic) bond motifs is 2. The zero-order chi connectivity index (χ0) is 11.8. The predicted octanol–water partition coefficient (Wildman–Crippen LogP) is 3.96. The van der Waals surface area contributed by atoms with Gasteiger partial charge in [-0.1, -0.05) is 23.7 Å². The van der Waals surface area contributed by atoms with E-state index in [2.05, 4.69) is 4.98 Å². The Hall–Kier alpha value is -1.25. The Morgan fingerprint density at radius 2 is 2.18 bits per heavy atom. The van der Waals surface area contributed by atoms with E-state index in [0.29, 0.717) is 11.6 Å². The SMILES string of the molecule is Clc1ccc2c(c1)OCc1cccnc1C2Cl. The molecule has 2 nitrogen and oxygen atoms in total. The third-order valence-corrected chi connectivity index (χ3v) is 3.47. The summed E-state index contributed by atoms with van der Waals surface area (Å²) in [7, 11) is 0. The van der Waals surface area contributed by atoms with Gasteiger partial charge in [0.05, 0.1) is 5.69 Å². The predicted molar refractivity (Wildman–Crippen MR) is 67.7 cm³/mol. The lowest BCUT2D eigenvalue weighted by molar-refractivity contribution is 0.306. The Balaban J connectivity index is 2.16. The van der Waals surface area contributed by atoms with Gasteiger partial charge in [-0.05, 0) is 18.2 Å². The molecule has 1 aromatic carbocycles. The second kappa shape index (κ2) is 4.21. The van der Waals surface area contributed by atoms with E-state index in [1.807, 2.05) is 24.3 Å². The largest absolute Gasteiger partial charge is 0.488 e. The van der Waals surface area contributed by atoms with Gasteiger partial charge in [0.15, 0.2) is 0 Å². The van der Waals surface area contributed by atoms with Crippen molar-refractivity contribution in [1.29, 1.82) is 0 Å². The molecule has 0 fully saturated rings. The van der Waals surface area contributed by atoms with Crippen LogP contribution >= 0.6 is 23.2 Å². The maximum absolute atomic E-state index is 6.45. The van der Waals surface area contributed by atoms with Crippen LogP contribution < -0.4 is 4.74 Å². The molecule has 4 heteroatoms. The van der Waals surface area contributed by atoms with Crippen molar-refractivity contribution < 1.29 is 4.74 Å². The highest BCUT2D eigenvalue weighted by atomic mass is 35.5. The van der Waals surface area contributed by atoms with Gasteiger partial charge in [0.2, 0.25) is 0 Å². The number of benzene rings is 1. The van der Waals surface area contributed by atoms with E-state index in [0.717, 1.165) is 22.6 Å². The molecule has 0 spiro atoms. The first-order valence-electron chi connectivity index (χ1n) is 5.26. The third kappa shape index (κ3) is 1.88. The lowest BCUT2D eigenvalue weighted by Crippen LogP contribution is -1.99. The van der Waals surface area contributed by atoms with Crippen LogP contribution in [0, 0.1) is 0 Å². The van der Waals surface area contributed by atoms with Crippen LogP contribution in [0.4, 0.5) is 0 Å². The first-order chi connectivity index (χ1) is 8.25. The topological polar surface area (TPSA) is 22.1 Å². The Bertz CT molecular complexity index is 571. The minimum atomic E-state index is -0.291. The molecule has 3 rings (SSSR count). The number of pyridine rings is 1. The van der Waals surface area contributed by atoms with Crippen molar-refractivity contribution in [2.45, 2.75) is 12.0 Å². The maximum atomic E-state index is 6.45. The third-order valence-electron chi connectivity index (χ3n) is 2.80. The van der Waals surface area contributed by atoms with Gasteiger partial charge in [-0.3, -0.25) is 4.98 Å². The first kappa shape index (κ1) is 10.9. The summed E-state index contributed by atoms with van der Waals surface area (Å²) < 4.78 is 5.72. The van der Waals surface area contributed by atoms with Crippen molar-refractivity contribution in [3.63, 3.8) is 0 Å². The number of halogens is 2. The van der Waals surface area contributed by atoms with E-state index >= 15 is 0 Å². The van der Waals surface area contributed by atoms with E-state index in [9.17, 15) is 0 Å². The molecule has 1 aliphatic heterocycles. The lowest BCUT2D eigenvalue weighted by Gasteiger charge is -2.10. The van der Waals surface area contributed by atoms with Crippen LogP contribution in [0.25, 0.3) is 0 Å². The van der Waals surface area contributed by atoms with E-state index in [-0.39, 0.29) is 5.38 Å². The lowest BCUT2D eigenvalue weighted by atomic mass is 10.1. The summed E-state index contributed by atoms with van der Waals surface area (Å²) in [5, 5.41) is 0.354. The van der Waals surface area contributed by atoms with Gasteiger partial charge in [-0.2, -0.15) is 0 Å². The van der Waals surface area contributed by atoms with Gasteiger partial charge >= 0.3 is 0 Å². The van der Waals surface area contributed by atoms with Crippen molar-refractivity contribution in [3.8, 4) is 5.75 Å². The summed E-state index contributed by atoms with van der Waals surface area (Å²) in [4.78, 5) is 4.34. The smallest absolute Gasteiger partial charge is 0.126 e. The second-order valence-corrected chi connectivity index (χ2v) is 4.75. The highest BCUT2D eigenvalue weighted by Crippen LogP contribution is 2.39. The molecular weight excluding hydrogens is 257 g/mol. The van der Waals surface area contributed by atoms with E-state index < -0.39 is 0 Å². The molecule has 0 amide bonds. The second-order valence-electron chi connectivity index (χ2n) is 3.88. The monoisotopic (exact) mass is 265 g/mol. The van der Waals surface area contributed by atoms with Crippen LogP contribution in [-0.4, -0.2) is 4.98 Å². The summed E-state index contributed by atoms with van der Waals surface area (Å²) in [6.45, 7) is 0.472. The molecule has 0 aliphatic carbocycles. The molecule has 0 bridgehead atoms. The fourth-order valence-corrected chi connectivity index (χ4v) is 2.49. The summed E-state index contributed by atoms with van der Waals surface area (Å²) in [5.74, 6) is 0.732. The molecule has 0 saturated carbocycles. The van der Waals surface area contributed by atoms with Crippen molar-refractivity contribution in [1.82, 2.24) is 4.98 Å². The fourth-order valence-electron chi connectivity index (χ4n) is 1.95. The van der Waals surface area contributed by atoms with Gasteiger partial charge in [0, 0.05) is 22.3 Å². The number of nitrogens with zero attached hydrogens (tertiary/aromatic N) is 1. The van der Waals surface area contributed by atoms with Crippen LogP contribution in [0.3, 0.4) is 0 Å². The van der Waals surface area contributed by atoms with Crippen LogP contribution in [-0.2, 0) is 6.61 Å². The Kier molecular flexibility index (Phi) is 2.69.